The summed E-state index contributed by atoms with van der Waals surface area (Å²) in [5.74, 6) is 0.268. The minimum atomic E-state index is -0.420. The van der Waals surface area contributed by atoms with Gasteiger partial charge < -0.3 is 18.9 Å². The van der Waals surface area contributed by atoms with Crippen LogP contribution in [0.3, 0.4) is 0 Å². The van der Waals surface area contributed by atoms with Crippen LogP contribution in [0, 0.1) is 5.41 Å². The number of carbonyl (C=O) groups is 1. The molecule has 2 aliphatic carbocycles. The highest BCUT2D eigenvalue weighted by molar-refractivity contribution is 6.54. The zero-order valence-corrected chi connectivity index (χ0v) is 21.1. The minimum absolute atomic E-state index is 0.268. The van der Waals surface area contributed by atoms with Gasteiger partial charge in [0, 0.05) is 30.9 Å². The van der Waals surface area contributed by atoms with Gasteiger partial charge in [-0.25, -0.2) is 0 Å². The Labute approximate surface area is 198 Å². The van der Waals surface area contributed by atoms with Crippen molar-refractivity contribution < 1.29 is 18.8 Å². The van der Waals surface area contributed by atoms with E-state index in [1.165, 1.54) is 23.9 Å². The van der Waals surface area contributed by atoms with Crippen molar-refractivity contribution in [1.29, 1.82) is 0 Å². The number of rotatable bonds is 3. The number of carbonyl (C=O) groups excluding carboxylic acids is 1. The monoisotopic (exact) mass is 454 g/mol. The van der Waals surface area contributed by atoms with Crippen molar-refractivity contribution in [3.05, 3.63) is 22.8 Å². The fourth-order valence-corrected chi connectivity index (χ4v) is 6.67. The second kappa shape index (κ2) is 7.19. The number of amides is 1. The van der Waals surface area contributed by atoms with Crippen molar-refractivity contribution in [3.8, 4) is 0 Å². The molecule has 0 unspecified atom stereocenters. The van der Waals surface area contributed by atoms with Crippen molar-refractivity contribution in [1.82, 2.24) is 9.80 Å². The maximum absolute atomic E-state index is 13.6. The van der Waals surface area contributed by atoms with Crippen LogP contribution >= 0.6 is 0 Å². The Hall–Kier alpha value is -1.15. The summed E-state index contributed by atoms with van der Waals surface area (Å²) in [6.07, 6.45) is 9.43. The zero-order chi connectivity index (χ0) is 23.3. The van der Waals surface area contributed by atoms with Gasteiger partial charge in [0.2, 0.25) is 5.91 Å². The Kier molecular flexibility index (Phi) is 4.86. The van der Waals surface area contributed by atoms with Crippen LogP contribution in [-0.4, -0.2) is 71.4 Å². The molecule has 4 heterocycles. The van der Waals surface area contributed by atoms with E-state index in [9.17, 15) is 4.79 Å². The predicted octanol–water partition coefficient (Wildman–Crippen LogP) is 3.85. The smallest absolute Gasteiger partial charge is 0.400 e. The number of fused-ring (bicyclic) bond motifs is 2. The van der Waals surface area contributed by atoms with Gasteiger partial charge in [-0.1, -0.05) is 0 Å². The molecule has 1 amide bonds. The van der Waals surface area contributed by atoms with E-state index in [4.69, 9.17) is 14.0 Å². The lowest BCUT2D eigenvalue weighted by atomic mass is 9.70. The molecular formula is C26H39BN2O4. The van der Waals surface area contributed by atoms with Crippen molar-refractivity contribution in [2.75, 3.05) is 13.1 Å². The van der Waals surface area contributed by atoms with Crippen LogP contribution in [0.15, 0.2) is 22.8 Å². The quantitative estimate of drug-likeness (QED) is 0.607. The third kappa shape index (κ3) is 3.33. The van der Waals surface area contributed by atoms with E-state index in [1.54, 1.807) is 0 Å². The summed E-state index contributed by atoms with van der Waals surface area (Å²) in [6, 6.07) is 0.876. The van der Waals surface area contributed by atoms with Gasteiger partial charge in [0.25, 0.3) is 0 Å². The summed E-state index contributed by atoms with van der Waals surface area (Å²) in [5.41, 5.74) is 2.47. The van der Waals surface area contributed by atoms with Gasteiger partial charge in [-0.05, 0) is 97.2 Å². The molecule has 0 aromatic rings. The molecule has 4 fully saturated rings. The first-order chi connectivity index (χ1) is 15.5. The topological polar surface area (TPSA) is 51.2 Å². The van der Waals surface area contributed by atoms with Crippen LogP contribution in [0.2, 0.25) is 0 Å². The molecule has 1 saturated carbocycles. The summed E-state index contributed by atoms with van der Waals surface area (Å²) in [5, 5.41) is 0. The Morgan fingerprint density at radius 3 is 2.12 bits per heavy atom. The molecule has 4 aliphatic heterocycles. The van der Waals surface area contributed by atoms with Crippen LogP contribution in [0.4, 0.5) is 0 Å². The maximum Gasteiger partial charge on any atom is 0.490 e. The summed E-state index contributed by atoms with van der Waals surface area (Å²) >= 11 is 0. The van der Waals surface area contributed by atoms with E-state index in [0.717, 1.165) is 44.5 Å². The summed E-state index contributed by atoms with van der Waals surface area (Å²) in [6.45, 7) is 14.7. The first-order valence-electron chi connectivity index (χ1n) is 13.0. The first-order valence-corrected chi connectivity index (χ1v) is 13.0. The van der Waals surface area contributed by atoms with E-state index in [0.29, 0.717) is 24.3 Å². The third-order valence-electron chi connectivity index (χ3n) is 9.66. The van der Waals surface area contributed by atoms with Gasteiger partial charge >= 0.3 is 7.12 Å². The van der Waals surface area contributed by atoms with Crippen LogP contribution in [0.5, 0.6) is 0 Å². The number of hydrogen-bond donors (Lipinski definition) is 0. The van der Waals surface area contributed by atoms with Crippen molar-refractivity contribution in [2.45, 2.75) is 116 Å². The number of allylic oxidation sites excluding steroid dienone is 2. The molecular weight excluding hydrogens is 415 g/mol. The summed E-state index contributed by atoms with van der Waals surface area (Å²) in [7, 11) is -0.331. The molecule has 33 heavy (non-hydrogen) atoms. The minimum Gasteiger partial charge on any atom is -0.400 e. The lowest BCUT2D eigenvalue weighted by Gasteiger charge is -2.49. The van der Waals surface area contributed by atoms with Gasteiger partial charge in [0.1, 0.15) is 0 Å². The highest BCUT2D eigenvalue weighted by atomic mass is 16.7. The number of ether oxygens (including phenoxy) is 1. The molecule has 0 aromatic carbocycles. The van der Waals surface area contributed by atoms with Gasteiger partial charge in [0.15, 0.2) is 0 Å². The van der Waals surface area contributed by atoms with Crippen LogP contribution < -0.4 is 0 Å². The Morgan fingerprint density at radius 2 is 1.52 bits per heavy atom. The van der Waals surface area contributed by atoms with Gasteiger partial charge in [-0.15, -0.1) is 0 Å². The Bertz CT molecular complexity index is 905. The fraction of sp³-hybridized carbons (Fsp3) is 0.808. The molecule has 6 nitrogen and oxygen atoms in total. The molecule has 0 spiro atoms. The highest BCUT2D eigenvalue weighted by Crippen LogP contribution is 2.50. The molecule has 2 atom stereocenters. The van der Waals surface area contributed by atoms with Crippen molar-refractivity contribution >= 4 is 13.0 Å². The van der Waals surface area contributed by atoms with E-state index in [1.807, 2.05) is 0 Å². The van der Waals surface area contributed by atoms with Crippen LogP contribution in [0.25, 0.3) is 0 Å². The van der Waals surface area contributed by atoms with E-state index >= 15 is 0 Å². The van der Waals surface area contributed by atoms with E-state index in [2.05, 4.69) is 57.4 Å². The predicted molar refractivity (Wildman–Crippen MR) is 127 cm³/mol. The molecule has 0 radical (unpaired) electrons. The van der Waals surface area contributed by atoms with Crippen LogP contribution in [0.1, 0.15) is 80.1 Å². The van der Waals surface area contributed by atoms with Gasteiger partial charge in [0.05, 0.1) is 28.8 Å². The highest BCUT2D eigenvalue weighted by Gasteiger charge is 2.55. The first kappa shape index (κ1) is 22.3. The second-order valence-corrected chi connectivity index (χ2v) is 12.7. The lowest BCUT2D eigenvalue weighted by Crippen LogP contribution is -2.58. The molecule has 180 valence electrons. The molecule has 7 heteroatoms. The van der Waals surface area contributed by atoms with Crippen molar-refractivity contribution in [3.63, 3.8) is 0 Å². The normalized spacial score (nSPS) is 39.1. The molecule has 6 aliphatic rings. The molecule has 2 bridgehead atoms. The average molecular weight is 454 g/mol. The average Bonchev–Trinajstić information content (AvgIpc) is 3.23. The molecule has 3 saturated heterocycles. The Morgan fingerprint density at radius 1 is 0.909 bits per heavy atom. The molecule has 0 N–H and O–H groups in total. The third-order valence-corrected chi connectivity index (χ3v) is 9.66. The number of nitrogens with zero attached hydrogens (tertiary/aromatic N) is 2. The lowest BCUT2D eigenvalue weighted by molar-refractivity contribution is -0.139. The van der Waals surface area contributed by atoms with E-state index in [-0.39, 0.29) is 24.2 Å². The summed E-state index contributed by atoms with van der Waals surface area (Å²) < 4.78 is 18.7. The number of morpholine rings is 1. The zero-order valence-electron chi connectivity index (χ0n) is 21.1. The fourth-order valence-electron chi connectivity index (χ4n) is 6.67. The second-order valence-electron chi connectivity index (χ2n) is 12.7. The number of likely N-dealkylation sites (tertiary alicyclic amines) is 1. The molecule has 0 aromatic heterocycles. The van der Waals surface area contributed by atoms with Gasteiger partial charge in [-0.2, -0.15) is 0 Å². The van der Waals surface area contributed by atoms with Gasteiger partial charge in [-0.3, -0.25) is 9.69 Å². The Balaban J connectivity index is 1.21. The largest absolute Gasteiger partial charge is 0.490 e. The molecule has 6 rings (SSSR count). The van der Waals surface area contributed by atoms with E-state index < -0.39 is 5.41 Å². The number of hydrogen-bond acceptors (Lipinski definition) is 5. The SMILES string of the molecule is CC1(C)C(=O)N(C2CC(N3C[C@@H]4CC[C@@H](C3)O4)C2)C2=C1CCC(B1OC(C)(C)C(C)(C)O1)=C2. The van der Waals surface area contributed by atoms with Crippen LogP contribution in [-0.2, 0) is 18.8 Å². The summed E-state index contributed by atoms with van der Waals surface area (Å²) in [4.78, 5) is 18.4. The van der Waals surface area contributed by atoms with Crippen molar-refractivity contribution in [2.24, 2.45) is 5.41 Å². The standard InChI is InChI=1S/C26H39BN2O4/c1-24(2)21-10-7-16(27-32-25(3,4)26(5,6)33-27)11-22(21)29(23(24)30)18-12-17(13-18)28-14-19-8-9-20(15-28)31-19/h11,17-20H,7-10,12-15H2,1-6H3/t17?,18?,19-,20-/m0/s1. The maximum atomic E-state index is 13.6.